The molecule has 1 saturated heterocycles. The summed E-state index contributed by atoms with van der Waals surface area (Å²) in [6.45, 7) is 4.55. The highest BCUT2D eigenvalue weighted by molar-refractivity contribution is 5.83. The predicted octanol–water partition coefficient (Wildman–Crippen LogP) is -0.373. The molecule has 0 aromatic carbocycles. The third kappa shape index (κ3) is 3.90. The zero-order valence-corrected chi connectivity index (χ0v) is 10.6. The van der Waals surface area contributed by atoms with Crippen LogP contribution in [0, 0.1) is 5.92 Å². The first-order valence-electron chi connectivity index (χ1n) is 5.96. The summed E-state index contributed by atoms with van der Waals surface area (Å²) in [5.74, 6) is -1.34. The van der Waals surface area contributed by atoms with Crippen LogP contribution in [-0.2, 0) is 9.59 Å². The van der Waals surface area contributed by atoms with Gasteiger partial charge in [-0.05, 0) is 5.92 Å². The van der Waals surface area contributed by atoms with Crippen LogP contribution in [0.4, 0.5) is 4.79 Å². The molecule has 1 fully saturated rings. The van der Waals surface area contributed by atoms with Gasteiger partial charge >= 0.3 is 12.0 Å². The van der Waals surface area contributed by atoms with Gasteiger partial charge in [0.2, 0.25) is 5.91 Å². The van der Waals surface area contributed by atoms with Gasteiger partial charge in [-0.25, -0.2) is 9.59 Å². The molecule has 102 valence electrons. The molecule has 0 unspecified atom stereocenters. The third-order valence-corrected chi connectivity index (χ3v) is 2.81. The quantitative estimate of drug-likeness (QED) is 0.642. The molecule has 1 rings (SSSR count). The fourth-order valence-corrected chi connectivity index (χ4v) is 1.71. The highest BCUT2D eigenvalue weighted by Crippen LogP contribution is 2.04. The Hall–Kier alpha value is -1.79. The minimum atomic E-state index is -1.05. The Morgan fingerprint density at radius 3 is 2.61 bits per heavy atom. The minimum absolute atomic E-state index is 0.0936. The van der Waals surface area contributed by atoms with E-state index in [9.17, 15) is 14.4 Å². The second kappa shape index (κ2) is 6.23. The van der Waals surface area contributed by atoms with E-state index in [1.165, 1.54) is 4.90 Å². The number of urea groups is 1. The topological polar surface area (TPSA) is 98.7 Å². The van der Waals surface area contributed by atoms with Crippen LogP contribution in [0.1, 0.15) is 20.3 Å². The molecule has 1 aliphatic rings. The molecule has 3 amide bonds. The number of rotatable bonds is 3. The number of carbonyl (C=O) groups excluding carboxylic acids is 2. The van der Waals surface area contributed by atoms with Crippen molar-refractivity contribution in [3.8, 4) is 0 Å². The van der Waals surface area contributed by atoms with E-state index in [1.807, 2.05) is 0 Å². The van der Waals surface area contributed by atoms with Crippen LogP contribution in [0.25, 0.3) is 0 Å². The van der Waals surface area contributed by atoms with Gasteiger partial charge in [-0.3, -0.25) is 4.79 Å². The monoisotopic (exact) mass is 257 g/mol. The molecule has 0 radical (unpaired) electrons. The van der Waals surface area contributed by atoms with Gasteiger partial charge in [-0.2, -0.15) is 0 Å². The molecule has 1 atom stereocenters. The van der Waals surface area contributed by atoms with Crippen LogP contribution in [-0.4, -0.2) is 53.6 Å². The molecule has 18 heavy (non-hydrogen) atoms. The van der Waals surface area contributed by atoms with Crippen LogP contribution in [0.15, 0.2) is 0 Å². The number of hydrogen-bond donors (Lipinski definition) is 3. The molecule has 7 heteroatoms. The lowest BCUT2D eigenvalue weighted by atomic mass is 10.1. The Morgan fingerprint density at radius 2 is 2.06 bits per heavy atom. The van der Waals surface area contributed by atoms with Crippen LogP contribution in [0.3, 0.4) is 0 Å². The van der Waals surface area contributed by atoms with E-state index in [4.69, 9.17) is 5.11 Å². The zero-order valence-electron chi connectivity index (χ0n) is 10.6. The summed E-state index contributed by atoms with van der Waals surface area (Å²) in [7, 11) is 0. The predicted molar refractivity (Wildman–Crippen MR) is 64.0 cm³/mol. The van der Waals surface area contributed by atoms with Crippen LogP contribution < -0.4 is 10.6 Å². The smallest absolute Gasteiger partial charge is 0.326 e. The summed E-state index contributed by atoms with van der Waals surface area (Å²) in [4.78, 5) is 35.4. The van der Waals surface area contributed by atoms with Crippen molar-refractivity contribution in [3.05, 3.63) is 0 Å². The van der Waals surface area contributed by atoms with Gasteiger partial charge < -0.3 is 20.6 Å². The highest BCUT2D eigenvalue weighted by atomic mass is 16.4. The van der Waals surface area contributed by atoms with Crippen molar-refractivity contribution in [1.29, 1.82) is 0 Å². The molecule has 0 aliphatic carbocycles. The number of carboxylic acids is 1. The van der Waals surface area contributed by atoms with Crippen LogP contribution in [0.5, 0.6) is 0 Å². The number of carbonyl (C=O) groups is 3. The Bertz CT molecular complexity index is 343. The second-order valence-electron chi connectivity index (χ2n) is 4.60. The zero-order chi connectivity index (χ0) is 13.7. The normalized spacial score (nSPS) is 17.9. The lowest BCUT2D eigenvalue weighted by Crippen LogP contribution is -2.50. The molecule has 3 N–H and O–H groups in total. The SMILES string of the molecule is CC(C)[C@@H](NC(=O)N1CCNC(=O)CC1)C(=O)O. The second-order valence-corrected chi connectivity index (χ2v) is 4.60. The largest absolute Gasteiger partial charge is 0.480 e. The van der Waals surface area contributed by atoms with Gasteiger partial charge in [0.15, 0.2) is 0 Å². The maximum Gasteiger partial charge on any atom is 0.326 e. The molecule has 0 bridgehead atoms. The van der Waals surface area contributed by atoms with Gasteiger partial charge in [0.05, 0.1) is 0 Å². The molecule has 0 aromatic heterocycles. The lowest BCUT2D eigenvalue weighted by molar-refractivity contribution is -0.140. The standard InChI is InChI=1S/C11H19N3O4/c1-7(2)9(10(16)17)13-11(18)14-5-3-8(15)12-4-6-14/h7,9H,3-6H2,1-2H3,(H,12,15)(H,13,18)(H,16,17)/t9-/m1/s1. The van der Waals surface area contributed by atoms with Crippen LogP contribution in [0.2, 0.25) is 0 Å². The van der Waals surface area contributed by atoms with Crippen molar-refractivity contribution in [2.24, 2.45) is 5.92 Å². The van der Waals surface area contributed by atoms with E-state index in [-0.39, 0.29) is 18.2 Å². The minimum Gasteiger partial charge on any atom is -0.480 e. The summed E-state index contributed by atoms with van der Waals surface area (Å²) in [5, 5.41) is 14.1. The number of aliphatic carboxylic acids is 1. The Kier molecular flexibility index (Phi) is 4.94. The van der Waals surface area contributed by atoms with E-state index in [0.717, 1.165) is 0 Å². The fourth-order valence-electron chi connectivity index (χ4n) is 1.71. The van der Waals surface area contributed by atoms with Crippen LogP contribution >= 0.6 is 0 Å². The maximum atomic E-state index is 11.9. The Morgan fingerprint density at radius 1 is 1.39 bits per heavy atom. The van der Waals surface area contributed by atoms with E-state index < -0.39 is 18.0 Å². The Labute approximate surface area is 106 Å². The van der Waals surface area contributed by atoms with Crippen molar-refractivity contribution in [1.82, 2.24) is 15.5 Å². The van der Waals surface area contributed by atoms with Crippen molar-refractivity contribution < 1.29 is 19.5 Å². The van der Waals surface area contributed by atoms with E-state index in [1.54, 1.807) is 13.8 Å². The molecule has 0 spiro atoms. The first-order valence-corrected chi connectivity index (χ1v) is 5.96. The average Bonchev–Trinajstić information content (AvgIpc) is 2.49. The first kappa shape index (κ1) is 14.3. The van der Waals surface area contributed by atoms with Crippen molar-refractivity contribution in [3.63, 3.8) is 0 Å². The van der Waals surface area contributed by atoms with Gasteiger partial charge in [0.1, 0.15) is 6.04 Å². The first-order chi connectivity index (χ1) is 8.41. The summed E-state index contributed by atoms with van der Waals surface area (Å²) in [5.41, 5.74) is 0. The molecule has 7 nitrogen and oxygen atoms in total. The van der Waals surface area contributed by atoms with Gasteiger partial charge in [0.25, 0.3) is 0 Å². The number of nitrogens with zero attached hydrogens (tertiary/aromatic N) is 1. The third-order valence-electron chi connectivity index (χ3n) is 2.81. The average molecular weight is 257 g/mol. The summed E-state index contributed by atoms with van der Waals surface area (Å²) in [6, 6.07) is -1.35. The van der Waals surface area contributed by atoms with Crippen molar-refractivity contribution in [2.75, 3.05) is 19.6 Å². The number of carboxylic acid groups (broad SMARTS) is 1. The van der Waals surface area contributed by atoms with Gasteiger partial charge in [0, 0.05) is 26.1 Å². The van der Waals surface area contributed by atoms with Gasteiger partial charge in [-0.1, -0.05) is 13.8 Å². The maximum absolute atomic E-state index is 11.9. The molecule has 1 heterocycles. The van der Waals surface area contributed by atoms with Crippen molar-refractivity contribution >= 4 is 17.9 Å². The van der Waals surface area contributed by atoms with E-state index in [2.05, 4.69) is 10.6 Å². The van der Waals surface area contributed by atoms with E-state index in [0.29, 0.717) is 19.6 Å². The molecule has 0 aromatic rings. The summed E-state index contributed by atoms with van der Waals surface area (Å²) >= 11 is 0. The van der Waals surface area contributed by atoms with E-state index >= 15 is 0 Å². The number of hydrogen-bond acceptors (Lipinski definition) is 3. The summed E-state index contributed by atoms with van der Waals surface area (Å²) < 4.78 is 0. The van der Waals surface area contributed by atoms with Gasteiger partial charge in [-0.15, -0.1) is 0 Å². The summed E-state index contributed by atoms with van der Waals surface area (Å²) in [6.07, 6.45) is 0.243. The number of amides is 3. The molecule has 0 saturated carbocycles. The molecular formula is C11H19N3O4. The fraction of sp³-hybridized carbons (Fsp3) is 0.727. The van der Waals surface area contributed by atoms with Crippen molar-refractivity contribution in [2.45, 2.75) is 26.3 Å². The highest BCUT2D eigenvalue weighted by Gasteiger charge is 2.26. The Balaban J connectivity index is 2.58. The lowest BCUT2D eigenvalue weighted by Gasteiger charge is -2.24. The number of nitrogens with one attached hydrogen (secondary N) is 2. The molecule has 1 aliphatic heterocycles. The molecular weight excluding hydrogens is 238 g/mol.